The van der Waals surface area contributed by atoms with Gasteiger partial charge in [-0.05, 0) is 53.4 Å². The molecule has 0 aliphatic carbocycles. The lowest BCUT2D eigenvalue weighted by Crippen LogP contribution is -2.47. The molecule has 2 rings (SSSR count). The molecule has 0 bridgehead atoms. The summed E-state index contributed by atoms with van der Waals surface area (Å²) in [6.45, 7) is 9.49. The van der Waals surface area contributed by atoms with Crippen LogP contribution in [0.5, 0.6) is 0 Å². The summed E-state index contributed by atoms with van der Waals surface area (Å²) in [5, 5.41) is 2.73. The van der Waals surface area contributed by atoms with Gasteiger partial charge in [0.2, 0.25) is 11.8 Å². The number of carbonyl (C=O) groups excluding carboxylic acids is 4. The van der Waals surface area contributed by atoms with E-state index in [2.05, 4.69) is 11.2 Å². The molecular weight excluding hydrogens is 450 g/mol. The van der Waals surface area contributed by atoms with E-state index in [-0.39, 0.29) is 36.9 Å². The Balaban J connectivity index is 1.79. The van der Waals surface area contributed by atoms with E-state index in [0.717, 1.165) is 12.0 Å². The maximum Gasteiger partial charge on any atom is 0.410 e. The fourth-order valence-corrected chi connectivity index (χ4v) is 4.10. The maximum absolute atomic E-state index is 12.8. The zero-order valence-corrected chi connectivity index (χ0v) is 21.4. The summed E-state index contributed by atoms with van der Waals surface area (Å²) < 4.78 is 10.3. The molecule has 0 aromatic rings. The number of terminal acetylenes is 1. The van der Waals surface area contributed by atoms with Crippen LogP contribution in [0.3, 0.4) is 0 Å². The third kappa shape index (κ3) is 9.63. The number of hydrogen-bond donors (Lipinski definition) is 1. The second kappa shape index (κ2) is 13.2. The van der Waals surface area contributed by atoms with E-state index in [4.69, 9.17) is 15.9 Å². The average molecular weight is 490 g/mol. The van der Waals surface area contributed by atoms with Crippen molar-refractivity contribution in [3.8, 4) is 12.3 Å². The first-order valence-corrected chi connectivity index (χ1v) is 12.4. The Labute approximate surface area is 208 Å². The Morgan fingerprint density at radius 1 is 1.23 bits per heavy atom. The van der Waals surface area contributed by atoms with Gasteiger partial charge in [0.25, 0.3) is 0 Å². The van der Waals surface area contributed by atoms with Crippen molar-refractivity contribution in [2.75, 3.05) is 32.8 Å². The van der Waals surface area contributed by atoms with Crippen molar-refractivity contribution in [1.29, 1.82) is 0 Å². The van der Waals surface area contributed by atoms with Crippen molar-refractivity contribution in [1.82, 2.24) is 15.1 Å². The van der Waals surface area contributed by atoms with Crippen LogP contribution in [0.2, 0.25) is 0 Å². The molecule has 3 amide bonds. The van der Waals surface area contributed by atoms with Crippen LogP contribution in [0, 0.1) is 18.3 Å². The molecule has 1 fully saturated rings. The highest BCUT2D eigenvalue weighted by Crippen LogP contribution is 2.22. The minimum Gasteiger partial charge on any atom is -0.466 e. The highest BCUT2D eigenvalue weighted by atomic mass is 16.6. The molecule has 0 aromatic carbocycles. The monoisotopic (exact) mass is 489 g/mol. The van der Waals surface area contributed by atoms with Gasteiger partial charge < -0.3 is 24.6 Å². The first-order chi connectivity index (χ1) is 16.5. The van der Waals surface area contributed by atoms with Gasteiger partial charge in [0.15, 0.2) is 0 Å². The Kier molecular flexibility index (Phi) is 10.6. The van der Waals surface area contributed by atoms with Gasteiger partial charge in [-0.15, -0.1) is 6.42 Å². The van der Waals surface area contributed by atoms with Crippen LogP contribution in [-0.2, 0) is 23.9 Å². The molecular formula is C26H39N3O6. The molecule has 0 aromatic heterocycles. The largest absolute Gasteiger partial charge is 0.466 e. The summed E-state index contributed by atoms with van der Waals surface area (Å²) in [4.78, 5) is 52.8. The van der Waals surface area contributed by atoms with Crippen molar-refractivity contribution in [3.63, 3.8) is 0 Å². The molecule has 2 aliphatic rings. The first kappa shape index (κ1) is 28.2. The molecule has 35 heavy (non-hydrogen) atoms. The number of rotatable bonds is 8. The number of nitrogens with one attached hydrogen (secondary N) is 1. The minimum atomic E-state index is -0.730. The Hall–Kier alpha value is -3.02. The van der Waals surface area contributed by atoms with Gasteiger partial charge in [-0.2, -0.15) is 0 Å². The SMILES string of the molecule is C#CC(CC(=O)OCC)NC(=O)[C@@H]1CCCN(C(=O)CCC2=CCN(C(=O)OC(C)(C)C)CC2)C1. The number of piperidine rings is 1. The van der Waals surface area contributed by atoms with Crippen LogP contribution in [-0.4, -0.2) is 78.1 Å². The third-order valence-corrected chi connectivity index (χ3v) is 5.95. The number of likely N-dealkylation sites (tertiary alicyclic amines) is 1. The molecule has 0 radical (unpaired) electrons. The first-order valence-electron chi connectivity index (χ1n) is 12.4. The number of hydrogen-bond acceptors (Lipinski definition) is 6. The zero-order chi connectivity index (χ0) is 26.0. The normalized spacial score (nSPS) is 19.2. The number of amides is 3. The molecule has 1 saturated heterocycles. The van der Waals surface area contributed by atoms with Gasteiger partial charge in [0.1, 0.15) is 11.6 Å². The molecule has 2 heterocycles. The van der Waals surface area contributed by atoms with Gasteiger partial charge in [-0.3, -0.25) is 14.4 Å². The van der Waals surface area contributed by atoms with Gasteiger partial charge in [0, 0.05) is 32.6 Å². The summed E-state index contributed by atoms with van der Waals surface area (Å²) in [7, 11) is 0. The van der Waals surface area contributed by atoms with E-state index in [0.29, 0.717) is 51.9 Å². The number of nitrogens with zero attached hydrogens (tertiary/aromatic N) is 2. The van der Waals surface area contributed by atoms with Crippen molar-refractivity contribution in [2.45, 2.75) is 77.9 Å². The van der Waals surface area contributed by atoms with Gasteiger partial charge >= 0.3 is 12.1 Å². The number of carbonyl (C=O) groups is 4. The summed E-state index contributed by atoms with van der Waals surface area (Å²) in [6, 6.07) is -0.730. The Morgan fingerprint density at radius 3 is 2.57 bits per heavy atom. The second-order valence-corrected chi connectivity index (χ2v) is 9.95. The lowest BCUT2D eigenvalue weighted by molar-refractivity contribution is -0.143. The van der Waals surface area contributed by atoms with Crippen molar-refractivity contribution in [2.24, 2.45) is 5.92 Å². The van der Waals surface area contributed by atoms with Gasteiger partial charge in [0.05, 0.1) is 18.9 Å². The average Bonchev–Trinajstić information content (AvgIpc) is 2.81. The summed E-state index contributed by atoms with van der Waals surface area (Å²) in [5.74, 6) is 1.37. The van der Waals surface area contributed by atoms with Crippen molar-refractivity contribution >= 4 is 23.9 Å². The molecule has 9 heteroatoms. The lowest BCUT2D eigenvalue weighted by atomic mass is 9.95. The summed E-state index contributed by atoms with van der Waals surface area (Å²) in [6.07, 6.45) is 10.2. The fourth-order valence-electron chi connectivity index (χ4n) is 4.10. The Bertz CT molecular complexity index is 854. The van der Waals surface area contributed by atoms with Crippen LogP contribution in [0.25, 0.3) is 0 Å². The van der Waals surface area contributed by atoms with E-state index >= 15 is 0 Å². The second-order valence-electron chi connectivity index (χ2n) is 9.95. The van der Waals surface area contributed by atoms with Gasteiger partial charge in [-0.25, -0.2) is 4.79 Å². The molecule has 0 saturated carbocycles. The molecule has 0 spiro atoms. The highest BCUT2D eigenvalue weighted by molar-refractivity contribution is 5.82. The standard InChI is InChI=1S/C26H39N3O6/c1-6-21(17-23(31)34-7-2)27-24(32)20-9-8-14-29(18-20)22(30)11-10-19-12-15-28(16-13-19)25(33)35-26(3,4)5/h1,12,20-21H,7-11,13-18H2,2-5H3,(H,27,32)/t20-,21?/m1/s1. The van der Waals surface area contributed by atoms with Crippen LogP contribution in [0.1, 0.15) is 66.2 Å². The molecule has 1 N–H and O–H groups in total. The summed E-state index contributed by atoms with van der Waals surface area (Å²) >= 11 is 0. The summed E-state index contributed by atoms with van der Waals surface area (Å²) in [5.41, 5.74) is 0.625. The van der Waals surface area contributed by atoms with Crippen molar-refractivity contribution in [3.05, 3.63) is 11.6 Å². The number of ether oxygens (including phenoxy) is 2. The smallest absolute Gasteiger partial charge is 0.410 e. The molecule has 9 nitrogen and oxygen atoms in total. The van der Waals surface area contributed by atoms with Crippen LogP contribution >= 0.6 is 0 Å². The van der Waals surface area contributed by atoms with E-state index in [1.807, 2.05) is 26.8 Å². The van der Waals surface area contributed by atoms with E-state index in [1.54, 1.807) is 16.7 Å². The molecule has 2 aliphatic heterocycles. The Morgan fingerprint density at radius 2 is 1.97 bits per heavy atom. The third-order valence-electron chi connectivity index (χ3n) is 5.95. The predicted octanol–water partition coefficient (Wildman–Crippen LogP) is 2.64. The quantitative estimate of drug-likeness (QED) is 0.319. The van der Waals surface area contributed by atoms with Crippen LogP contribution < -0.4 is 5.32 Å². The van der Waals surface area contributed by atoms with E-state index in [9.17, 15) is 19.2 Å². The van der Waals surface area contributed by atoms with Gasteiger partial charge in [-0.1, -0.05) is 17.6 Å². The highest BCUT2D eigenvalue weighted by Gasteiger charge is 2.30. The lowest BCUT2D eigenvalue weighted by Gasteiger charge is -2.33. The topological polar surface area (TPSA) is 105 Å². The molecule has 1 unspecified atom stereocenters. The molecule has 194 valence electrons. The van der Waals surface area contributed by atoms with Crippen molar-refractivity contribution < 1.29 is 28.7 Å². The van der Waals surface area contributed by atoms with E-state index < -0.39 is 17.6 Å². The fraction of sp³-hybridized carbons (Fsp3) is 0.692. The molecule has 2 atom stereocenters. The zero-order valence-electron chi connectivity index (χ0n) is 21.4. The maximum atomic E-state index is 12.8. The van der Waals surface area contributed by atoms with E-state index in [1.165, 1.54) is 0 Å². The minimum absolute atomic E-state index is 0.0120. The van der Waals surface area contributed by atoms with Crippen LogP contribution in [0.4, 0.5) is 4.79 Å². The predicted molar refractivity (Wildman–Crippen MR) is 131 cm³/mol. The number of esters is 1. The van der Waals surface area contributed by atoms with Crippen LogP contribution in [0.15, 0.2) is 11.6 Å².